The van der Waals surface area contributed by atoms with Crippen LogP contribution < -0.4 is 5.32 Å². The van der Waals surface area contributed by atoms with Crippen molar-refractivity contribution in [2.24, 2.45) is 0 Å². The van der Waals surface area contributed by atoms with Gasteiger partial charge in [-0.25, -0.2) is 0 Å². The second kappa shape index (κ2) is 44.1. The van der Waals surface area contributed by atoms with Gasteiger partial charge in [-0.05, 0) is 19.3 Å². The van der Waals surface area contributed by atoms with E-state index in [1.165, 1.54) is 161 Å². The van der Waals surface area contributed by atoms with Crippen molar-refractivity contribution in [3.8, 4) is 0 Å². The van der Waals surface area contributed by atoms with Gasteiger partial charge in [0.25, 0.3) is 0 Å². The Labute approximate surface area is 474 Å². The highest BCUT2D eigenvalue weighted by Crippen LogP contribution is 2.33. The number of hydrogen-bond acceptors (Lipinski definition) is 18. The Kier molecular flexibility index (Phi) is 40.1. The molecule has 0 saturated carbocycles. The molecule has 79 heavy (non-hydrogen) atoms. The second-order valence-electron chi connectivity index (χ2n) is 22.9. The lowest BCUT2D eigenvalue weighted by molar-refractivity contribution is -0.379. The summed E-state index contributed by atoms with van der Waals surface area (Å²) in [5.41, 5.74) is 0. The molecule has 3 heterocycles. The maximum absolute atomic E-state index is 13.2. The lowest BCUT2D eigenvalue weighted by Gasteiger charge is -2.48. The van der Waals surface area contributed by atoms with E-state index >= 15 is 0 Å². The summed E-state index contributed by atoms with van der Waals surface area (Å²) < 4.78 is 34.1. The van der Waals surface area contributed by atoms with Crippen LogP contribution in [0.2, 0.25) is 0 Å². The van der Waals surface area contributed by atoms with E-state index in [1.807, 2.05) is 6.08 Å². The van der Waals surface area contributed by atoms with Gasteiger partial charge < -0.3 is 89.9 Å². The normalized spacial score (nSPS) is 30.3. The lowest BCUT2D eigenvalue weighted by atomic mass is 9.96. The van der Waals surface area contributed by atoms with Gasteiger partial charge in [-0.2, -0.15) is 0 Å². The molecule has 19 heteroatoms. The van der Waals surface area contributed by atoms with Crippen molar-refractivity contribution in [1.29, 1.82) is 0 Å². The van der Waals surface area contributed by atoms with Gasteiger partial charge in [0.1, 0.15) is 73.2 Å². The third-order valence-corrected chi connectivity index (χ3v) is 16.1. The molecule has 17 unspecified atom stereocenters. The van der Waals surface area contributed by atoms with Crippen LogP contribution in [0.5, 0.6) is 0 Å². The predicted molar refractivity (Wildman–Crippen MR) is 300 cm³/mol. The van der Waals surface area contributed by atoms with Crippen LogP contribution in [0.4, 0.5) is 0 Å². The average molecular weight is 1140 g/mol. The summed E-state index contributed by atoms with van der Waals surface area (Å²) in [5, 5.41) is 119. The van der Waals surface area contributed by atoms with Crippen LogP contribution in [0.15, 0.2) is 12.2 Å². The van der Waals surface area contributed by atoms with E-state index in [-0.39, 0.29) is 18.9 Å². The van der Waals surface area contributed by atoms with E-state index in [0.29, 0.717) is 6.42 Å². The van der Waals surface area contributed by atoms with Crippen molar-refractivity contribution < 1.29 is 89.4 Å². The first-order valence-corrected chi connectivity index (χ1v) is 31.4. The van der Waals surface area contributed by atoms with E-state index in [1.54, 1.807) is 6.08 Å². The first kappa shape index (κ1) is 71.8. The Morgan fingerprint density at radius 2 is 0.785 bits per heavy atom. The molecule has 1 amide bonds. The average Bonchev–Trinajstić information content (AvgIpc) is 3.58. The summed E-state index contributed by atoms with van der Waals surface area (Å²) in [4.78, 5) is 13.2. The van der Waals surface area contributed by atoms with E-state index in [9.17, 15) is 61.0 Å². The van der Waals surface area contributed by atoms with Crippen molar-refractivity contribution in [2.45, 2.75) is 336 Å². The molecule has 3 aliphatic rings. The summed E-state index contributed by atoms with van der Waals surface area (Å²) in [6, 6.07) is -0.964. The molecular formula is C60H113NO18. The molecule has 3 saturated heterocycles. The number of carbonyl (C=O) groups is 1. The van der Waals surface area contributed by atoms with E-state index in [0.717, 1.165) is 44.9 Å². The number of carbonyl (C=O) groups excluding carboxylic acids is 1. The molecule has 0 radical (unpaired) electrons. The van der Waals surface area contributed by atoms with Crippen molar-refractivity contribution in [3.05, 3.63) is 12.2 Å². The van der Waals surface area contributed by atoms with Gasteiger partial charge >= 0.3 is 0 Å². The molecule has 0 bridgehead atoms. The highest BCUT2D eigenvalue weighted by Gasteiger charge is 2.53. The Morgan fingerprint density at radius 1 is 0.443 bits per heavy atom. The molecule has 3 rings (SSSR count). The first-order valence-electron chi connectivity index (χ1n) is 31.4. The summed E-state index contributed by atoms with van der Waals surface area (Å²) in [6.45, 7) is 1.61. The summed E-state index contributed by atoms with van der Waals surface area (Å²) in [5.74, 6) is -0.279. The van der Waals surface area contributed by atoms with Crippen molar-refractivity contribution >= 4 is 5.91 Å². The van der Waals surface area contributed by atoms with Crippen LogP contribution in [-0.2, 0) is 33.2 Å². The first-order chi connectivity index (χ1) is 38.3. The van der Waals surface area contributed by atoms with Gasteiger partial charge in [0.2, 0.25) is 5.91 Å². The van der Waals surface area contributed by atoms with Gasteiger partial charge in [0.15, 0.2) is 18.9 Å². The van der Waals surface area contributed by atoms with Gasteiger partial charge in [0.05, 0.1) is 38.6 Å². The number of amides is 1. The van der Waals surface area contributed by atoms with Crippen LogP contribution in [-0.4, -0.2) is 193 Å². The Hall–Kier alpha value is -1.47. The van der Waals surface area contributed by atoms with Crippen molar-refractivity contribution in [3.63, 3.8) is 0 Å². The van der Waals surface area contributed by atoms with Gasteiger partial charge in [-0.1, -0.05) is 219 Å². The van der Waals surface area contributed by atoms with E-state index < -0.39 is 124 Å². The Morgan fingerprint density at radius 3 is 1.19 bits per heavy atom. The highest BCUT2D eigenvalue weighted by molar-refractivity contribution is 5.76. The fourth-order valence-corrected chi connectivity index (χ4v) is 10.9. The minimum absolute atomic E-state index is 0.247. The Bertz CT molecular complexity index is 1500. The quantitative estimate of drug-likeness (QED) is 0.0240. The third-order valence-electron chi connectivity index (χ3n) is 16.1. The molecule has 19 nitrogen and oxygen atoms in total. The molecular weight excluding hydrogens is 1020 g/mol. The molecule has 3 fully saturated rings. The Balaban J connectivity index is 1.31. The van der Waals surface area contributed by atoms with Gasteiger partial charge in [-0.3, -0.25) is 4.79 Å². The fraction of sp³-hybridized carbons (Fsp3) is 0.950. The standard InChI is InChI=1S/C60H113NO18/c1-3-5-7-9-10-11-12-13-14-15-16-17-18-19-20-21-22-23-24-25-26-27-28-29-30-31-32-34-36-38-48(66)61-43(44(65)37-35-33-8-6-4-2)42-74-58-54(72)51(69)56(46(40-63)76-58)79-60-55(73)52(70)57(47(41-64)77-60)78-59-53(71)50(68)49(67)45(39-62)75-59/h35,37,43-47,49-60,62-65,67-73H,3-34,36,38-42H2,1-2H3,(H,61,66)/b37-35+. The largest absolute Gasteiger partial charge is 0.394 e. The monoisotopic (exact) mass is 1140 g/mol. The molecule has 3 aliphatic heterocycles. The fourth-order valence-electron chi connectivity index (χ4n) is 10.9. The SMILES string of the molecule is CCCCC/C=C/C(O)C(COC1OC(CO)C(OC2OC(CO)C(OC3OC(CO)C(O)C(O)C3O)C(O)C2O)C(O)C1O)NC(=O)CCCCCCCCCCCCCCCCCCCCCCCCCCCCCCC. The molecule has 466 valence electrons. The molecule has 0 aliphatic carbocycles. The van der Waals surface area contributed by atoms with Crippen LogP contribution >= 0.6 is 0 Å². The van der Waals surface area contributed by atoms with Crippen LogP contribution in [0.3, 0.4) is 0 Å². The predicted octanol–water partition coefficient (Wildman–Crippen LogP) is 6.16. The highest BCUT2D eigenvalue weighted by atomic mass is 16.8. The third kappa shape index (κ3) is 27.9. The summed E-state index contributed by atoms with van der Waals surface area (Å²) >= 11 is 0. The summed E-state index contributed by atoms with van der Waals surface area (Å²) in [7, 11) is 0. The molecule has 0 aromatic heterocycles. The topological polar surface area (TPSA) is 307 Å². The smallest absolute Gasteiger partial charge is 0.220 e. The zero-order valence-corrected chi connectivity index (χ0v) is 48.6. The number of aliphatic hydroxyl groups is 11. The van der Waals surface area contributed by atoms with E-state index in [2.05, 4.69) is 19.2 Å². The zero-order valence-electron chi connectivity index (χ0n) is 48.6. The number of unbranched alkanes of at least 4 members (excludes halogenated alkanes) is 31. The minimum atomic E-state index is -1.97. The van der Waals surface area contributed by atoms with Crippen LogP contribution in [0, 0.1) is 0 Å². The lowest BCUT2D eigenvalue weighted by Crippen LogP contribution is -2.66. The molecule has 0 spiro atoms. The zero-order chi connectivity index (χ0) is 57.6. The summed E-state index contributed by atoms with van der Waals surface area (Å²) in [6.07, 6.45) is 18.8. The molecule has 17 atom stereocenters. The minimum Gasteiger partial charge on any atom is -0.394 e. The van der Waals surface area contributed by atoms with Crippen LogP contribution in [0.1, 0.15) is 232 Å². The molecule has 0 aromatic rings. The number of allylic oxidation sites excluding steroid dienone is 1. The number of rotatable bonds is 47. The number of aliphatic hydroxyl groups excluding tert-OH is 11. The van der Waals surface area contributed by atoms with E-state index in [4.69, 9.17) is 28.4 Å². The van der Waals surface area contributed by atoms with Gasteiger partial charge in [-0.15, -0.1) is 0 Å². The molecule has 12 N–H and O–H groups in total. The second-order valence-corrected chi connectivity index (χ2v) is 22.9. The number of hydrogen-bond donors (Lipinski definition) is 12. The number of nitrogens with one attached hydrogen (secondary N) is 1. The van der Waals surface area contributed by atoms with Crippen LogP contribution in [0.25, 0.3) is 0 Å². The van der Waals surface area contributed by atoms with Crippen molar-refractivity contribution in [2.75, 3.05) is 26.4 Å². The van der Waals surface area contributed by atoms with Gasteiger partial charge in [0, 0.05) is 6.42 Å². The number of ether oxygens (including phenoxy) is 6. The maximum atomic E-state index is 13.2. The maximum Gasteiger partial charge on any atom is 0.220 e. The van der Waals surface area contributed by atoms with Crippen molar-refractivity contribution in [1.82, 2.24) is 5.32 Å². The molecule has 0 aromatic carbocycles.